The largest absolute Gasteiger partial charge is 0.481 e. The van der Waals surface area contributed by atoms with E-state index in [-0.39, 0.29) is 18.9 Å². The standard InChI is InChI=1S/C12H13N5O3/c1-16-10(2-5-13-16)15-12(20)9-3-6-17(14-8-9)7-4-11(18)19/h2-3,5-6,8H,4,7H2,1H3,(H-,13,14,15,18,19,20)/p+1. The number of rotatable bonds is 5. The zero-order valence-electron chi connectivity index (χ0n) is 10.9. The number of carbonyl (C=O) groups excluding carboxylic acids is 1. The van der Waals surface area contributed by atoms with Gasteiger partial charge in [0.25, 0.3) is 5.91 Å². The van der Waals surface area contributed by atoms with Crippen LogP contribution in [0.15, 0.2) is 30.7 Å². The van der Waals surface area contributed by atoms with Crippen molar-refractivity contribution in [1.29, 1.82) is 0 Å². The number of aliphatic carboxylic acids is 1. The number of carboxylic acid groups (broad SMARTS) is 1. The van der Waals surface area contributed by atoms with Gasteiger partial charge in [-0.25, -0.2) is 0 Å². The van der Waals surface area contributed by atoms with Gasteiger partial charge in [-0.05, 0) is 5.10 Å². The number of aryl methyl sites for hydroxylation is 2. The van der Waals surface area contributed by atoms with Gasteiger partial charge in [0.05, 0.1) is 11.8 Å². The third-order valence-corrected chi connectivity index (χ3v) is 2.65. The number of aromatic nitrogens is 4. The lowest BCUT2D eigenvalue weighted by molar-refractivity contribution is -0.753. The molecule has 0 aliphatic heterocycles. The van der Waals surface area contributed by atoms with Crippen LogP contribution in [0.25, 0.3) is 0 Å². The highest BCUT2D eigenvalue weighted by molar-refractivity contribution is 6.03. The SMILES string of the molecule is Cn1nccc1NC(=O)c1cc[n+](CCC(=O)O)nc1. The summed E-state index contributed by atoms with van der Waals surface area (Å²) in [5.41, 5.74) is 0.387. The minimum absolute atomic E-state index is 0.0156. The molecule has 0 bridgehead atoms. The van der Waals surface area contributed by atoms with Crippen molar-refractivity contribution < 1.29 is 19.4 Å². The Labute approximate surface area is 114 Å². The Balaban J connectivity index is 2.00. The van der Waals surface area contributed by atoms with Gasteiger partial charge < -0.3 is 10.4 Å². The van der Waals surface area contributed by atoms with E-state index in [1.807, 2.05) is 0 Å². The highest BCUT2D eigenvalue weighted by atomic mass is 16.4. The van der Waals surface area contributed by atoms with Gasteiger partial charge in [-0.1, -0.05) is 4.68 Å². The molecule has 0 radical (unpaired) electrons. The number of carboxylic acids is 1. The number of amides is 1. The molecule has 1 amide bonds. The monoisotopic (exact) mass is 276 g/mol. The van der Waals surface area contributed by atoms with E-state index in [1.54, 1.807) is 36.3 Å². The van der Waals surface area contributed by atoms with Crippen LogP contribution in [-0.2, 0) is 18.4 Å². The molecule has 0 aliphatic rings. The van der Waals surface area contributed by atoms with Crippen LogP contribution < -0.4 is 10.00 Å². The zero-order chi connectivity index (χ0) is 14.5. The molecule has 0 fully saturated rings. The van der Waals surface area contributed by atoms with Gasteiger partial charge >= 0.3 is 5.97 Å². The van der Waals surface area contributed by atoms with Crippen LogP contribution in [0, 0.1) is 0 Å². The van der Waals surface area contributed by atoms with Gasteiger partial charge in [0.1, 0.15) is 18.4 Å². The maximum Gasteiger partial charge on any atom is 0.309 e. The molecule has 2 aromatic rings. The average molecular weight is 276 g/mol. The van der Waals surface area contributed by atoms with E-state index >= 15 is 0 Å². The molecule has 104 valence electrons. The Morgan fingerprint density at radius 3 is 2.80 bits per heavy atom. The Bertz CT molecular complexity index is 620. The third-order valence-electron chi connectivity index (χ3n) is 2.65. The first kappa shape index (κ1) is 13.7. The van der Waals surface area contributed by atoms with Crippen LogP contribution in [0.1, 0.15) is 16.8 Å². The van der Waals surface area contributed by atoms with Crippen LogP contribution in [0.3, 0.4) is 0 Å². The maximum absolute atomic E-state index is 11.9. The van der Waals surface area contributed by atoms with E-state index in [4.69, 9.17) is 5.11 Å². The number of carbonyl (C=O) groups is 2. The van der Waals surface area contributed by atoms with E-state index in [2.05, 4.69) is 15.5 Å². The summed E-state index contributed by atoms with van der Waals surface area (Å²) < 4.78 is 3.01. The van der Waals surface area contributed by atoms with E-state index in [0.717, 1.165) is 0 Å². The molecule has 0 aromatic carbocycles. The highest BCUT2D eigenvalue weighted by Gasteiger charge is 2.12. The summed E-state index contributed by atoms with van der Waals surface area (Å²) in [6, 6.07) is 3.27. The molecule has 8 heteroatoms. The number of nitrogens with one attached hydrogen (secondary N) is 1. The second kappa shape index (κ2) is 5.91. The molecule has 2 heterocycles. The summed E-state index contributed by atoms with van der Waals surface area (Å²) >= 11 is 0. The normalized spacial score (nSPS) is 10.2. The Morgan fingerprint density at radius 1 is 1.45 bits per heavy atom. The van der Waals surface area contributed by atoms with E-state index in [1.165, 1.54) is 10.9 Å². The van der Waals surface area contributed by atoms with Crippen molar-refractivity contribution in [2.45, 2.75) is 13.0 Å². The molecule has 2 aromatic heterocycles. The lowest BCUT2D eigenvalue weighted by Crippen LogP contribution is -2.38. The molecule has 2 rings (SSSR count). The van der Waals surface area contributed by atoms with Crippen LogP contribution in [-0.4, -0.2) is 31.9 Å². The van der Waals surface area contributed by atoms with Gasteiger partial charge in [-0.3, -0.25) is 14.3 Å². The number of hydrogen-bond acceptors (Lipinski definition) is 4. The number of hydrogen-bond donors (Lipinski definition) is 2. The fourth-order valence-electron chi connectivity index (χ4n) is 1.55. The summed E-state index contributed by atoms with van der Waals surface area (Å²) in [7, 11) is 1.72. The van der Waals surface area contributed by atoms with Gasteiger partial charge in [0.2, 0.25) is 0 Å². The highest BCUT2D eigenvalue weighted by Crippen LogP contribution is 2.05. The third kappa shape index (κ3) is 3.37. The molecular weight excluding hydrogens is 262 g/mol. The van der Waals surface area contributed by atoms with Crippen LogP contribution in [0.5, 0.6) is 0 Å². The van der Waals surface area contributed by atoms with E-state index in [0.29, 0.717) is 11.4 Å². The summed E-state index contributed by atoms with van der Waals surface area (Å²) in [5.74, 6) is -0.610. The summed E-state index contributed by atoms with van der Waals surface area (Å²) in [4.78, 5) is 22.4. The second-order valence-electron chi connectivity index (χ2n) is 4.12. The van der Waals surface area contributed by atoms with Crippen molar-refractivity contribution >= 4 is 17.7 Å². The van der Waals surface area contributed by atoms with Crippen LogP contribution in [0.4, 0.5) is 5.82 Å². The summed E-state index contributed by atoms with van der Waals surface area (Å²) in [6.45, 7) is 0.263. The molecule has 20 heavy (non-hydrogen) atoms. The molecule has 0 aliphatic carbocycles. The maximum atomic E-state index is 11.9. The van der Waals surface area contributed by atoms with E-state index in [9.17, 15) is 9.59 Å². The summed E-state index contributed by atoms with van der Waals surface area (Å²) in [6.07, 6.45) is 4.53. The minimum atomic E-state index is -0.891. The van der Waals surface area contributed by atoms with Crippen molar-refractivity contribution in [3.63, 3.8) is 0 Å². The molecule has 2 N–H and O–H groups in total. The molecule has 0 saturated carbocycles. The van der Waals surface area contributed by atoms with Crippen LogP contribution >= 0.6 is 0 Å². The van der Waals surface area contributed by atoms with Gasteiger partial charge in [-0.2, -0.15) is 5.10 Å². The van der Waals surface area contributed by atoms with Gasteiger partial charge in [-0.15, -0.1) is 0 Å². The lowest BCUT2D eigenvalue weighted by Gasteiger charge is -2.03. The molecular formula is C12H14N5O3+. The molecule has 8 nitrogen and oxygen atoms in total. The van der Waals surface area contributed by atoms with Crippen molar-refractivity contribution in [1.82, 2.24) is 14.9 Å². The Morgan fingerprint density at radius 2 is 2.25 bits per heavy atom. The predicted molar refractivity (Wildman–Crippen MR) is 67.8 cm³/mol. The van der Waals surface area contributed by atoms with Crippen molar-refractivity contribution in [2.24, 2.45) is 7.05 Å². The van der Waals surface area contributed by atoms with Crippen LogP contribution in [0.2, 0.25) is 0 Å². The fourth-order valence-corrected chi connectivity index (χ4v) is 1.55. The zero-order valence-corrected chi connectivity index (χ0v) is 10.9. The molecule has 0 saturated heterocycles. The van der Waals surface area contributed by atoms with E-state index < -0.39 is 5.97 Å². The molecule has 0 spiro atoms. The summed E-state index contributed by atoms with van der Waals surface area (Å²) in [5, 5.41) is 19.2. The minimum Gasteiger partial charge on any atom is -0.481 e. The van der Waals surface area contributed by atoms with Gasteiger partial charge in [0, 0.05) is 19.2 Å². The lowest BCUT2D eigenvalue weighted by atomic mass is 10.3. The first-order valence-electron chi connectivity index (χ1n) is 5.93. The number of nitrogens with zero attached hydrogens (tertiary/aromatic N) is 4. The Hall–Kier alpha value is -2.77. The van der Waals surface area contributed by atoms with Gasteiger partial charge in [0.15, 0.2) is 12.7 Å². The quantitative estimate of drug-likeness (QED) is 0.738. The van der Waals surface area contributed by atoms with Crippen molar-refractivity contribution in [3.8, 4) is 0 Å². The topological polar surface area (TPSA) is 101 Å². The molecule has 0 atom stereocenters. The first-order valence-corrected chi connectivity index (χ1v) is 5.93. The number of anilines is 1. The second-order valence-corrected chi connectivity index (χ2v) is 4.12. The first-order chi connectivity index (χ1) is 9.56. The predicted octanol–water partition coefficient (Wildman–Crippen LogP) is -0.170. The average Bonchev–Trinajstić information content (AvgIpc) is 2.82. The smallest absolute Gasteiger partial charge is 0.309 e. The van der Waals surface area contributed by atoms with Crippen molar-refractivity contribution in [3.05, 3.63) is 36.3 Å². The molecule has 0 unspecified atom stereocenters. The Kier molecular flexibility index (Phi) is 4.04. The fraction of sp³-hybridized carbons (Fsp3) is 0.250. The van der Waals surface area contributed by atoms with Crippen molar-refractivity contribution in [2.75, 3.05) is 5.32 Å².